The van der Waals surface area contributed by atoms with Gasteiger partial charge in [0, 0.05) is 19.0 Å². The summed E-state index contributed by atoms with van der Waals surface area (Å²) in [5.41, 5.74) is 0. The van der Waals surface area contributed by atoms with Gasteiger partial charge in [-0.2, -0.15) is 0 Å². The maximum absolute atomic E-state index is 10.5. The zero-order valence-electron chi connectivity index (χ0n) is 8.70. The molecule has 15 heavy (non-hydrogen) atoms. The van der Waals surface area contributed by atoms with Crippen molar-refractivity contribution in [1.82, 2.24) is 0 Å². The Morgan fingerprint density at radius 2 is 1.73 bits per heavy atom. The van der Waals surface area contributed by atoms with Gasteiger partial charge in [0.2, 0.25) is 0 Å². The summed E-state index contributed by atoms with van der Waals surface area (Å²) < 4.78 is 20.7. The second-order valence-electron chi connectivity index (χ2n) is 2.63. The van der Waals surface area contributed by atoms with Gasteiger partial charge < -0.3 is 24.4 Å². The molecule has 0 aliphatic carbocycles. The van der Waals surface area contributed by atoms with Crippen molar-refractivity contribution in [3.8, 4) is 0 Å². The molecule has 6 nitrogen and oxygen atoms in total. The van der Waals surface area contributed by atoms with Gasteiger partial charge >= 0.3 is 6.80 Å². The number of ether oxygens (including phenoxy) is 2. The summed E-state index contributed by atoms with van der Waals surface area (Å²) >= 11 is 0.378. The molecule has 0 bridgehead atoms. The molecule has 8 heteroatoms. The van der Waals surface area contributed by atoms with E-state index >= 15 is 0 Å². The van der Waals surface area contributed by atoms with E-state index < -0.39 is 19.2 Å². The van der Waals surface area contributed by atoms with Gasteiger partial charge in [-0.3, -0.25) is 0 Å². The molecule has 0 saturated carbocycles. The summed E-state index contributed by atoms with van der Waals surface area (Å²) in [4.78, 5) is 17.2. The Kier molecular flexibility index (Phi) is 7.81. The molecular weight excluding hydrogens is 243 g/mol. The number of hydrogen-bond donors (Lipinski definition) is 3. The van der Waals surface area contributed by atoms with Gasteiger partial charge in [-0.1, -0.05) is 0 Å². The lowest BCUT2D eigenvalue weighted by atomic mass is 10.4. The van der Waals surface area contributed by atoms with Gasteiger partial charge in [-0.05, 0) is 25.2 Å². The highest BCUT2D eigenvalue weighted by molar-refractivity contribution is 8.54. The minimum atomic E-state index is -4.15. The first-order valence-corrected chi connectivity index (χ1v) is 7.72. The second-order valence-corrected chi connectivity index (χ2v) is 6.41. The topological polar surface area (TPSA) is 96.2 Å². The molecule has 92 valence electrons. The summed E-state index contributed by atoms with van der Waals surface area (Å²) in [5, 5.41) is 9.52. The number of aliphatic hydroxyl groups is 1. The summed E-state index contributed by atoms with van der Waals surface area (Å²) in [6.07, 6.45) is -1.89. The van der Waals surface area contributed by atoms with Crippen molar-refractivity contribution in [1.29, 1.82) is 0 Å². The maximum Gasteiger partial charge on any atom is 0.384 e. The highest BCUT2D eigenvalue weighted by atomic mass is 32.7. The van der Waals surface area contributed by atoms with Crippen LogP contribution in [0.15, 0.2) is 0 Å². The second kappa shape index (κ2) is 7.62. The van der Waals surface area contributed by atoms with Gasteiger partial charge in [0.25, 0.3) is 0 Å². The molecule has 0 aromatic carbocycles. The molecule has 1 unspecified atom stereocenters. The van der Waals surface area contributed by atoms with Crippen LogP contribution in [-0.2, 0) is 14.0 Å². The zero-order chi connectivity index (χ0) is 11.9. The van der Waals surface area contributed by atoms with Crippen LogP contribution >= 0.6 is 18.2 Å². The van der Waals surface area contributed by atoms with E-state index in [2.05, 4.69) is 0 Å². The number of rotatable bonds is 8. The third-order valence-corrected chi connectivity index (χ3v) is 3.67. The molecule has 0 radical (unpaired) electrons. The van der Waals surface area contributed by atoms with E-state index in [1.807, 2.05) is 0 Å². The predicted molar refractivity (Wildman–Crippen MR) is 57.5 cm³/mol. The van der Waals surface area contributed by atoms with E-state index in [9.17, 15) is 9.67 Å². The minimum absolute atomic E-state index is 0.130. The SMILES string of the molecule is CCOC(OCC)C(O)CSP(=O)(O)O. The van der Waals surface area contributed by atoms with Crippen molar-refractivity contribution in [3.63, 3.8) is 0 Å². The average Bonchev–Trinajstić information content (AvgIpc) is 2.13. The molecule has 0 spiro atoms. The van der Waals surface area contributed by atoms with Crippen LogP contribution in [0.2, 0.25) is 0 Å². The van der Waals surface area contributed by atoms with Crippen molar-refractivity contribution in [2.45, 2.75) is 26.2 Å². The number of hydrogen-bond acceptors (Lipinski definition) is 5. The average molecular weight is 260 g/mol. The van der Waals surface area contributed by atoms with Crippen LogP contribution in [0.25, 0.3) is 0 Å². The molecule has 0 heterocycles. The minimum Gasteiger partial charge on any atom is -0.387 e. The van der Waals surface area contributed by atoms with Crippen molar-refractivity contribution in [3.05, 3.63) is 0 Å². The molecule has 1 atom stereocenters. The van der Waals surface area contributed by atoms with Gasteiger partial charge in [0.05, 0.1) is 0 Å². The molecule has 0 amide bonds. The van der Waals surface area contributed by atoms with Crippen LogP contribution in [0.4, 0.5) is 0 Å². The first kappa shape index (κ1) is 15.4. The molecule has 0 aliphatic rings. The van der Waals surface area contributed by atoms with E-state index in [0.717, 1.165) is 0 Å². The van der Waals surface area contributed by atoms with Crippen LogP contribution in [0.1, 0.15) is 13.8 Å². The van der Waals surface area contributed by atoms with Gasteiger partial charge in [-0.15, -0.1) is 0 Å². The van der Waals surface area contributed by atoms with Crippen LogP contribution < -0.4 is 0 Å². The Hall–Kier alpha value is 0.380. The highest BCUT2D eigenvalue weighted by Crippen LogP contribution is 2.50. The normalized spacial score (nSPS) is 14.5. The Labute approximate surface area is 92.9 Å². The maximum atomic E-state index is 10.5. The summed E-state index contributed by atoms with van der Waals surface area (Å²) in [6, 6.07) is 0. The molecular formula is C7H17O6PS. The van der Waals surface area contributed by atoms with Crippen LogP contribution in [-0.4, -0.2) is 46.3 Å². The molecule has 3 N–H and O–H groups in total. The Bertz CT molecular complexity index is 202. The van der Waals surface area contributed by atoms with Gasteiger partial charge in [-0.25, -0.2) is 4.57 Å². The zero-order valence-corrected chi connectivity index (χ0v) is 10.4. The van der Waals surface area contributed by atoms with Crippen molar-refractivity contribution < 1.29 is 28.9 Å². The summed E-state index contributed by atoms with van der Waals surface area (Å²) in [6.45, 7) is 0.0650. The largest absolute Gasteiger partial charge is 0.387 e. The fraction of sp³-hybridized carbons (Fsp3) is 1.00. The quantitative estimate of drug-likeness (QED) is 0.433. The van der Waals surface area contributed by atoms with Crippen LogP contribution in [0.3, 0.4) is 0 Å². The molecule has 0 aromatic heterocycles. The molecule has 0 fully saturated rings. The monoisotopic (exact) mass is 260 g/mol. The predicted octanol–water partition coefficient (Wildman–Crippen LogP) is 0.572. The van der Waals surface area contributed by atoms with Gasteiger partial charge in [0.15, 0.2) is 6.29 Å². The first-order valence-electron chi connectivity index (χ1n) is 4.52. The molecule has 0 aliphatic heterocycles. The highest BCUT2D eigenvalue weighted by Gasteiger charge is 2.24. The standard InChI is InChI=1S/C7H17O6PS/c1-3-12-7(13-4-2)6(8)5-15-14(9,10)11/h6-8H,3-5H2,1-2H3,(H2,9,10,11). The first-order chi connectivity index (χ1) is 6.90. The van der Waals surface area contributed by atoms with E-state index in [-0.39, 0.29) is 5.75 Å². The van der Waals surface area contributed by atoms with E-state index in [1.54, 1.807) is 13.8 Å². The Morgan fingerprint density at radius 1 is 1.27 bits per heavy atom. The Morgan fingerprint density at radius 3 is 2.07 bits per heavy atom. The third-order valence-electron chi connectivity index (χ3n) is 1.39. The third kappa shape index (κ3) is 8.21. The number of aliphatic hydroxyl groups excluding tert-OH is 1. The van der Waals surface area contributed by atoms with Crippen LogP contribution in [0.5, 0.6) is 0 Å². The molecule has 0 saturated heterocycles. The van der Waals surface area contributed by atoms with Gasteiger partial charge in [0.1, 0.15) is 6.10 Å². The van der Waals surface area contributed by atoms with Crippen molar-refractivity contribution in [2.24, 2.45) is 0 Å². The summed E-state index contributed by atoms with van der Waals surface area (Å²) in [5.74, 6) is -0.130. The lowest BCUT2D eigenvalue weighted by Gasteiger charge is -2.22. The fourth-order valence-electron chi connectivity index (χ4n) is 0.851. The molecule has 0 rings (SSSR count). The van der Waals surface area contributed by atoms with Crippen molar-refractivity contribution in [2.75, 3.05) is 19.0 Å². The van der Waals surface area contributed by atoms with E-state index in [1.165, 1.54) is 0 Å². The lowest BCUT2D eigenvalue weighted by molar-refractivity contribution is -0.183. The lowest BCUT2D eigenvalue weighted by Crippen LogP contribution is -2.33. The van der Waals surface area contributed by atoms with Crippen molar-refractivity contribution >= 4 is 18.2 Å². The van der Waals surface area contributed by atoms with Crippen LogP contribution in [0, 0.1) is 0 Å². The summed E-state index contributed by atoms with van der Waals surface area (Å²) in [7, 11) is 0. The Balaban J connectivity index is 4.01. The fourth-order valence-corrected chi connectivity index (χ4v) is 2.40. The molecule has 0 aromatic rings. The van der Waals surface area contributed by atoms with E-state index in [4.69, 9.17) is 19.3 Å². The smallest absolute Gasteiger partial charge is 0.384 e. The van der Waals surface area contributed by atoms with E-state index in [0.29, 0.717) is 24.6 Å².